The van der Waals surface area contributed by atoms with Crippen LogP contribution in [0.3, 0.4) is 0 Å². The molecule has 1 heterocycles. The van der Waals surface area contributed by atoms with Crippen molar-refractivity contribution in [3.05, 3.63) is 71.4 Å². The molecule has 0 spiro atoms. The van der Waals surface area contributed by atoms with Crippen LogP contribution in [0.1, 0.15) is 42.6 Å². The average molecular weight is 379 g/mol. The van der Waals surface area contributed by atoms with Crippen molar-refractivity contribution in [1.82, 2.24) is 10.1 Å². The molecule has 146 valence electrons. The summed E-state index contributed by atoms with van der Waals surface area (Å²) in [5, 5.41) is 6.84. The SMILES string of the molecule is CCCc1noc(CCC(=O)Nc2ccc(OC)c(Cc3ccccc3)c2)n1. The molecule has 1 aromatic heterocycles. The molecule has 6 heteroatoms. The van der Waals surface area contributed by atoms with E-state index in [4.69, 9.17) is 9.26 Å². The number of amides is 1. The van der Waals surface area contributed by atoms with Crippen LogP contribution >= 0.6 is 0 Å². The Labute approximate surface area is 164 Å². The van der Waals surface area contributed by atoms with Crippen LogP contribution in [0.25, 0.3) is 0 Å². The smallest absolute Gasteiger partial charge is 0.227 e. The number of aromatic nitrogens is 2. The minimum Gasteiger partial charge on any atom is -0.496 e. The van der Waals surface area contributed by atoms with E-state index in [0.717, 1.165) is 36.3 Å². The van der Waals surface area contributed by atoms with E-state index >= 15 is 0 Å². The van der Waals surface area contributed by atoms with Crippen molar-refractivity contribution in [2.45, 2.75) is 39.0 Å². The zero-order valence-corrected chi connectivity index (χ0v) is 16.3. The van der Waals surface area contributed by atoms with Crippen LogP contribution in [-0.4, -0.2) is 23.2 Å². The summed E-state index contributed by atoms with van der Waals surface area (Å²) in [6, 6.07) is 15.8. The topological polar surface area (TPSA) is 77.2 Å². The lowest BCUT2D eigenvalue weighted by atomic mass is 10.0. The van der Waals surface area contributed by atoms with E-state index in [-0.39, 0.29) is 12.3 Å². The Hall–Kier alpha value is -3.15. The van der Waals surface area contributed by atoms with Crippen molar-refractivity contribution >= 4 is 11.6 Å². The minimum absolute atomic E-state index is 0.0916. The summed E-state index contributed by atoms with van der Waals surface area (Å²) in [4.78, 5) is 16.6. The quantitative estimate of drug-likeness (QED) is 0.603. The van der Waals surface area contributed by atoms with E-state index in [2.05, 4.69) is 34.5 Å². The lowest BCUT2D eigenvalue weighted by molar-refractivity contribution is -0.116. The molecule has 0 saturated carbocycles. The Balaban J connectivity index is 1.61. The van der Waals surface area contributed by atoms with Gasteiger partial charge < -0.3 is 14.6 Å². The standard InChI is InChI=1S/C22H25N3O3/c1-3-7-20-24-22(28-25-20)13-12-21(26)23-18-10-11-19(27-2)17(15-18)14-16-8-5-4-6-9-16/h4-6,8-11,15H,3,7,12-14H2,1-2H3,(H,23,26). The Kier molecular flexibility index (Phi) is 6.78. The van der Waals surface area contributed by atoms with E-state index < -0.39 is 0 Å². The molecule has 0 aliphatic carbocycles. The molecule has 3 aromatic rings. The summed E-state index contributed by atoms with van der Waals surface area (Å²) in [7, 11) is 1.65. The fourth-order valence-corrected chi connectivity index (χ4v) is 2.97. The van der Waals surface area contributed by atoms with Crippen LogP contribution in [0.2, 0.25) is 0 Å². The maximum Gasteiger partial charge on any atom is 0.227 e. The number of aryl methyl sites for hydroxylation is 2. The molecule has 0 unspecified atom stereocenters. The van der Waals surface area contributed by atoms with Crippen LogP contribution < -0.4 is 10.1 Å². The molecular weight excluding hydrogens is 354 g/mol. The Morgan fingerprint density at radius 3 is 2.71 bits per heavy atom. The molecule has 0 aliphatic rings. The third kappa shape index (κ3) is 5.42. The fraction of sp³-hybridized carbons (Fsp3) is 0.318. The first kappa shape index (κ1) is 19.6. The van der Waals surface area contributed by atoms with E-state index in [9.17, 15) is 4.79 Å². The first-order chi connectivity index (χ1) is 13.7. The second kappa shape index (κ2) is 9.69. The van der Waals surface area contributed by atoms with Crippen molar-refractivity contribution in [3.63, 3.8) is 0 Å². The Morgan fingerprint density at radius 1 is 1.14 bits per heavy atom. The second-order valence-electron chi connectivity index (χ2n) is 6.59. The van der Waals surface area contributed by atoms with Gasteiger partial charge >= 0.3 is 0 Å². The van der Waals surface area contributed by atoms with Crippen LogP contribution in [0.4, 0.5) is 5.69 Å². The first-order valence-electron chi connectivity index (χ1n) is 9.50. The van der Waals surface area contributed by atoms with E-state index in [1.807, 2.05) is 36.4 Å². The van der Waals surface area contributed by atoms with Gasteiger partial charge in [-0.2, -0.15) is 4.98 Å². The first-order valence-corrected chi connectivity index (χ1v) is 9.50. The second-order valence-corrected chi connectivity index (χ2v) is 6.59. The monoisotopic (exact) mass is 379 g/mol. The highest BCUT2D eigenvalue weighted by Crippen LogP contribution is 2.25. The molecule has 0 radical (unpaired) electrons. The predicted molar refractivity (Wildman–Crippen MR) is 107 cm³/mol. The number of carbonyl (C=O) groups excluding carboxylic acids is 1. The third-order valence-corrected chi connectivity index (χ3v) is 4.35. The van der Waals surface area contributed by atoms with Crippen molar-refractivity contribution in [2.75, 3.05) is 12.4 Å². The molecule has 3 rings (SSSR count). The molecule has 1 amide bonds. The van der Waals surface area contributed by atoms with Crippen LogP contribution in [0.15, 0.2) is 53.1 Å². The number of ether oxygens (including phenoxy) is 1. The van der Waals surface area contributed by atoms with Gasteiger partial charge in [-0.1, -0.05) is 42.4 Å². The van der Waals surface area contributed by atoms with Gasteiger partial charge in [0.1, 0.15) is 5.75 Å². The van der Waals surface area contributed by atoms with Crippen molar-refractivity contribution < 1.29 is 14.1 Å². The highest BCUT2D eigenvalue weighted by atomic mass is 16.5. The van der Waals surface area contributed by atoms with Crippen molar-refractivity contribution in [2.24, 2.45) is 0 Å². The Bertz CT molecular complexity index is 906. The highest BCUT2D eigenvalue weighted by molar-refractivity contribution is 5.91. The van der Waals surface area contributed by atoms with E-state index in [0.29, 0.717) is 18.1 Å². The molecule has 1 N–H and O–H groups in total. The molecule has 2 aromatic carbocycles. The molecule has 28 heavy (non-hydrogen) atoms. The molecule has 0 bridgehead atoms. The van der Waals surface area contributed by atoms with Crippen molar-refractivity contribution in [3.8, 4) is 5.75 Å². The number of nitrogens with one attached hydrogen (secondary N) is 1. The summed E-state index contributed by atoms with van der Waals surface area (Å²) in [5.74, 6) is 1.90. The number of benzene rings is 2. The van der Waals surface area contributed by atoms with Gasteiger partial charge in [-0.15, -0.1) is 0 Å². The number of hydrogen-bond donors (Lipinski definition) is 1. The maximum absolute atomic E-state index is 12.3. The van der Waals surface area contributed by atoms with Crippen molar-refractivity contribution in [1.29, 1.82) is 0 Å². The number of carbonyl (C=O) groups is 1. The van der Waals surface area contributed by atoms with Gasteiger partial charge in [0.2, 0.25) is 11.8 Å². The summed E-state index contributed by atoms with van der Waals surface area (Å²) in [6.45, 7) is 2.06. The van der Waals surface area contributed by atoms with Gasteiger partial charge in [-0.25, -0.2) is 0 Å². The fourth-order valence-electron chi connectivity index (χ4n) is 2.97. The van der Waals surface area contributed by atoms with Gasteiger partial charge in [0.15, 0.2) is 5.82 Å². The maximum atomic E-state index is 12.3. The van der Waals surface area contributed by atoms with Gasteiger partial charge in [0.25, 0.3) is 0 Å². The van der Waals surface area contributed by atoms with E-state index in [1.54, 1.807) is 7.11 Å². The van der Waals surface area contributed by atoms with Gasteiger partial charge in [-0.3, -0.25) is 4.79 Å². The molecular formula is C22H25N3O3. The molecule has 0 fully saturated rings. The number of anilines is 1. The summed E-state index contributed by atoms with van der Waals surface area (Å²) < 4.78 is 10.6. The van der Waals surface area contributed by atoms with Crippen LogP contribution in [0.5, 0.6) is 5.75 Å². The summed E-state index contributed by atoms with van der Waals surface area (Å²) in [6.07, 6.45) is 3.19. The normalized spacial score (nSPS) is 10.6. The zero-order valence-electron chi connectivity index (χ0n) is 16.3. The molecule has 0 atom stereocenters. The summed E-state index contributed by atoms with van der Waals surface area (Å²) >= 11 is 0. The lowest BCUT2D eigenvalue weighted by Gasteiger charge is -2.12. The number of rotatable bonds is 9. The highest BCUT2D eigenvalue weighted by Gasteiger charge is 2.11. The molecule has 6 nitrogen and oxygen atoms in total. The molecule has 0 aliphatic heterocycles. The van der Waals surface area contributed by atoms with Gasteiger partial charge in [0.05, 0.1) is 7.11 Å². The lowest BCUT2D eigenvalue weighted by Crippen LogP contribution is -2.12. The van der Waals surface area contributed by atoms with Crippen LogP contribution in [-0.2, 0) is 24.1 Å². The van der Waals surface area contributed by atoms with Gasteiger partial charge in [0, 0.05) is 36.9 Å². The van der Waals surface area contributed by atoms with Crippen LogP contribution in [0, 0.1) is 0 Å². The number of methoxy groups -OCH3 is 1. The average Bonchev–Trinajstić information content (AvgIpc) is 3.15. The number of hydrogen-bond acceptors (Lipinski definition) is 5. The number of nitrogens with zero attached hydrogens (tertiary/aromatic N) is 2. The van der Waals surface area contributed by atoms with E-state index in [1.165, 1.54) is 5.56 Å². The zero-order chi connectivity index (χ0) is 19.8. The molecule has 0 saturated heterocycles. The predicted octanol–water partition coefficient (Wildman–Crippen LogP) is 4.19. The van der Waals surface area contributed by atoms with Gasteiger partial charge in [-0.05, 0) is 30.2 Å². The largest absolute Gasteiger partial charge is 0.496 e. The third-order valence-electron chi connectivity index (χ3n) is 4.35. The Morgan fingerprint density at radius 2 is 1.96 bits per heavy atom. The minimum atomic E-state index is -0.0916. The summed E-state index contributed by atoms with van der Waals surface area (Å²) in [5.41, 5.74) is 2.95.